The Morgan fingerprint density at radius 3 is 2.70 bits per heavy atom. The summed E-state index contributed by atoms with van der Waals surface area (Å²) < 4.78 is 0. The van der Waals surface area contributed by atoms with Gasteiger partial charge in [0.25, 0.3) is 0 Å². The minimum absolute atomic E-state index is 0.269. The van der Waals surface area contributed by atoms with Crippen LogP contribution < -0.4 is 5.32 Å². The van der Waals surface area contributed by atoms with Crippen LogP contribution in [0.4, 0.5) is 0 Å². The van der Waals surface area contributed by atoms with E-state index < -0.39 is 0 Å². The Morgan fingerprint density at radius 2 is 2.00 bits per heavy atom. The van der Waals surface area contributed by atoms with Crippen LogP contribution in [0.3, 0.4) is 0 Å². The molecule has 1 aromatic carbocycles. The molecule has 3 nitrogen and oxygen atoms in total. The van der Waals surface area contributed by atoms with Crippen molar-refractivity contribution >= 4 is 17.5 Å². The Labute approximate surface area is 125 Å². The van der Waals surface area contributed by atoms with E-state index in [1.54, 1.807) is 0 Å². The van der Waals surface area contributed by atoms with E-state index >= 15 is 0 Å². The van der Waals surface area contributed by atoms with Crippen LogP contribution in [0.25, 0.3) is 0 Å². The van der Waals surface area contributed by atoms with E-state index in [0.717, 1.165) is 30.8 Å². The number of rotatable bonds is 3. The normalized spacial score (nSPS) is 30.2. The average molecular weight is 293 g/mol. The molecular weight excluding hydrogens is 272 g/mol. The van der Waals surface area contributed by atoms with Gasteiger partial charge >= 0.3 is 0 Å². The van der Waals surface area contributed by atoms with Gasteiger partial charge in [-0.25, -0.2) is 0 Å². The Kier molecular flexibility index (Phi) is 3.99. The lowest BCUT2D eigenvalue weighted by atomic mass is 9.75. The Morgan fingerprint density at radius 1 is 1.25 bits per heavy atom. The van der Waals surface area contributed by atoms with E-state index in [1.165, 1.54) is 5.56 Å². The first-order chi connectivity index (χ1) is 9.63. The van der Waals surface area contributed by atoms with Crippen LogP contribution in [0.2, 0.25) is 5.02 Å². The molecule has 1 aliphatic heterocycles. The summed E-state index contributed by atoms with van der Waals surface area (Å²) in [6, 6.07) is 9.17. The molecule has 0 spiro atoms. The van der Waals surface area contributed by atoms with Crippen molar-refractivity contribution in [2.45, 2.75) is 43.7 Å². The second kappa shape index (κ2) is 5.74. The topological polar surface area (TPSA) is 32.3 Å². The molecule has 1 aromatic rings. The van der Waals surface area contributed by atoms with Crippen molar-refractivity contribution in [3.05, 3.63) is 34.9 Å². The Bertz CT molecular complexity index is 499. The van der Waals surface area contributed by atoms with E-state index in [1.807, 2.05) is 24.1 Å². The minimum Gasteiger partial charge on any atom is -0.344 e. The molecule has 0 bridgehead atoms. The summed E-state index contributed by atoms with van der Waals surface area (Å²) in [6.45, 7) is 0.839. The van der Waals surface area contributed by atoms with Gasteiger partial charge in [0.2, 0.25) is 5.91 Å². The lowest BCUT2D eigenvalue weighted by molar-refractivity contribution is -0.132. The van der Waals surface area contributed by atoms with Gasteiger partial charge in [-0.1, -0.05) is 29.8 Å². The average Bonchev–Trinajstić information content (AvgIpc) is 2.39. The molecule has 0 radical (unpaired) electrons. The van der Waals surface area contributed by atoms with Crippen molar-refractivity contribution in [2.24, 2.45) is 0 Å². The molecule has 1 amide bonds. The van der Waals surface area contributed by atoms with Gasteiger partial charge in [0.15, 0.2) is 0 Å². The van der Waals surface area contributed by atoms with Crippen LogP contribution >= 0.6 is 11.6 Å². The molecule has 4 heteroatoms. The molecule has 1 heterocycles. The minimum atomic E-state index is 0.269. The third-order valence-corrected chi connectivity index (χ3v) is 4.93. The fraction of sp³-hybridized carbons (Fsp3) is 0.562. The van der Waals surface area contributed by atoms with Crippen molar-refractivity contribution in [1.29, 1.82) is 0 Å². The highest BCUT2D eigenvalue weighted by Crippen LogP contribution is 2.40. The number of nitrogens with one attached hydrogen (secondary N) is 1. The zero-order valence-corrected chi connectivity index (χ0v) is 12.6. The van der Waals surface area contributed by atoms with Crippen LogP contribution in [0, 0.1) is 0 Å². The number of nitrogens with zero attached hydrogens (tertiary/aromatic N) is 1. The van der Waals surface area contributed by atoms with Crippen LogP contribution in [0.5, 0.6) is 0 Å². The van der Waals surface area contributed by atoms with Crippen LogP contribution in [0.15, 0.2) is 24.3 Å². The molecule has 3 rings (SSSR count). The highest BCUT2D eigenvalue weighted by atomic mass is 35.5. The molecule has 20 heavy (non-hydrogen) atoms. The van der Waals surface area contributed by atoms with Gasteiger partial charge < -0.3 is 10.2 Å². The third kappa shape index (κ3) is 2.84. The number of amides is 1. The zero-order chi connectivity index (χ0) is 14.1. The van der Waals surface area contributed by atoms with Gasteiger partial charge in [0.05, 0.1) is 0 Å². The van der Waals surface area contributed by atoms with Crippen LogP contribution in [-0.2, 0) is 4.79 Å². The van der Waals surface area contributed by atoms with Gasteiger partial charge in [0, 0.05) is 37.1 Å². The molecule has 1 atom stereocenters. The molecule has 1 saturated carbocycles. The lowest BCUT2D eigenvalue weighted by Gasteiger charge is -2.41. The molecule has 0 aromatic heterocycles. The maximum absolute atomic E-state index is 11.5. The first-order valence-corrected chi connectivity index (χ1v) is 7.75. The van der Waals surface area contributed by atoms with Crippen molar-refractivity contribution < 1.29 is 4.79 Å². The van der Waals surface area contributed by atoms with E-state index in [9.17, 15) is 4.79 Å². The molecule has 2 fully saturated rings. The smallest absolute Gasteiger partial charge is 0.222 e. The standard InChI is InChI=1S/C16H21ClN2O/c1-19-10-12(6-7-16(19)20)18-13-8-11(9-13)14-4-2-3-5-15(14)17/h2-5,11-13,18H,6-10H2,1H3. The fourth-order valence-electron chi connectivity index (χ4n) is 3.30. The number of hydrogen-bond donors (Lipinski definition) is 1. The second-order valence-corrected chi connectivity index (χ2v) is 6.47. The predicted octanol–water partition coefficient (Wildman–Crippen LogP) is 2.80. The van der Waals surface area contributed by atoms with Crippen LogP contribution in [0.1, 0.15) is 37.2 Å². The van der Waals surface area contributed by atoms with Crippen molar-refractivity contribution in [2.75, 3.05) is 13.6 Å². The molecular formula is C16H21ClN2O. The number of carbonyl (C=O) groups excluding carboxylic acids is 1. The molecule has 2 aliphatic rings. The summed E-state index contributed by atoms with van der Waals surface area (Å²) in [6.07, 6.45) is 3.95. The highest BCUT2D eigenvalue weighted by Gasteiger charge is 2.34. The highest BCUT2D eigenvalue weighted by molar-refractivity contribution is 6.31. The first-order valence-electron chi connectivity index (χ1n) is 7.38. The zero-order valence-electron chi connectivity index (χ0n) is 11.8. The van der Waals surface area contributed by atoms with Gasteiger partial charge in [-0.3, -0.25) is 4.79 Å². The van der Waals surface area contributed by atoms with Gasteiger partial charge in [-0.15, -0.1) is 0 Å². The molecule has 108 valence electrons. The van der Waals surface area contributed by atoms with Crippen LogP contribution in [-0.4, -0.2) is 36.5 Å². The number of likely N-dealkylation sites (N-methyl/N-ethyl adjacent to an activating group) is 1. The number of carbonyl (C=O) groups is 1. The molecule has 1 N–H and O–H groups in total. The summed E-state index contributed by atoms with van der Waals surface area (Å²) in [5.74, 6) is 0.856. The maximum Gasteiger partial charge on any atom is 0.222 e. The van der Waals surface area contributed by atoms with Gasteiger partial charge in [-0.05, 0) is 36.8 Å². The first kappa shape index (κ1) is 13.9. The second-order valence-electron chi connectivity index (χ2n) is 6.06. The number of piperidine rings is 1. The lowest BCUT2D eigenvalue weighted by Crippen LogP contribution is -2.52. The summed E-state index contributed by atoms with van der Waals surface area (Å²) >= 11 is 6.24. The molecule has 1 unspecified atom stereocenters. The predicted molar refractivity (Wildman–Crippen MR) is 81.0 cm³/mol. The largest absolute Gasteiger partial charge is 0.344 e. The molecule has 1 aliphatic carbocycles. The van der Waals surface area contributed by atoms with E-state index in [0.29, 0.717) is 24.4 Å². The van der Waals surface area contributed by atoms with Crippen molar-refractivity contribution in [3.8, 4) is 0 Å². The fourth-order valence-corrected chi connectivity index (χ4v) is 3.59. The summed E-state index contributed by atoms with van der Waals surface area (Å²) in [4.78, 5) is 13.3. The third-order valence-electron chi connectivity index (χ3n) is 4.58. The van der Waals surface area contributed by atoms with Gasteiger partial charge in [-0.2, -0.15) is 0 Å². The number of benzene rings is 1. The quantitative estimate of drug-likeness (QED) is 0.929. The monoisotopic (exact) mass is 292 g/mol. The summed E-state index contributed by atoms with van der Waals surface area (Å²) in [5, 5.41) is 4.58. The van der Waals surface area contributed by atoms with E-state index in [4.69, 9.17) is 11.6 Å². The number of halogens is 1. The Hall–Kier alpha value is -1.06. The maximum atomic E-state index is 11.5. The molecule has 1 saturated heterocycles. The van der Waals surface area contributed by atoms with E-state index in [2.05, 4.69) is 17.4 Å². The van der Waals surface area contributed by atoms with Crippen molar-refractivity contribution in [1.82, 2.24) is 10.2 Å². The van der Waals surface area contributed by atoms with Crippen molar-refractivity contribution in [3.63, 3.8) is 0 Å². The summed E-state index contributed by atoms with van der Waals surface area (Å²) in [5.41, 5.74) is 1.28. The van der Waals surface area contributed by atoms with Gasteiger partial charge in [0.1, 0.15) is 0 Å². The number of likely N-dealkylation sites (tertiary alicyclic amines) is 1. The Balaban J connectivity index is 1.49. The number of hydrogen-bond acceptors (Lipinski definition) is 2. The SMILES string of the molecule is CN1CC(NC2CC(c3ccccc3Cl)C2)CCC1=O. The summed E-state index contributed by atoms with van der Waals surface area (Å²) in [7, 11) is 1.89. The van der Waals surface area contributed by atoms with E-state index in [-0.39, 0.29) is 5.91 Å².